The molecular formula is C18H19N3O3S. The number of nitrogens with zero attached hydrogens (tertiary/aromatic N) is 1. The lowest BCUT2D eigenvalue weighted by molar-refractivity contribution is 0.0605. The van der Waals surface area contributed by atoms with E-state index in [4.69, 9.17) is 4.74 Å². The molecule has 0 aliphatic carbocycles. The van der Waals surface area contributed by atoms with Crippen molar-refractivity contribution in [1.82, 2.24) is 15.3 Å². The number of esters is 1. The molecule has 0 fully saturated rings. The number of benzene rings is 1. The van der Waals surface area contributed by atoms with E-state index in [0.29, 0.717) is 33.0 Å². The van der Waals surface area contributed by atoms with Gasteiger partial charge in [0.05, 0.1) is 19.0 Å². The SMILES string of the molecule is COC(=O)c1sc2nc(CN[C@@H](C)c3ccccc3)[nH]c(=O)c2c1C. The van der Waals surface area contributed by atoms with E-state index >= 15 is 0 Å². The standard InChI is InChI=1S/C18H19N3O3S/c1-10-14-16(22)20-13(21-17(14)25-15(10)18(23)24-3)9-19-11(2)12-7-5-4-6-8-12/h4-8,11,19H,9H2,1-3H3,(H,20,21,22)/t11-/m0/s1. The van der Waals surface area contributed by atoms with Crippen LogP contribution in [0.1, 0.15) is 39.6 Å². The predicted molar refractivity (Wildman–Crippen MR) is 98.0 cm³/mol. The lowest BCUT2D eigenvalue weighted by atomic mass is 10.1. The fourth-order valence-electron chi connectivity index (χ4n) is 2.67. The van der Waals surface area contributed by atoms with Crippen molar-refractivity contribution in [3.63, 3.8) is 0 Å². The summed E-state index contributed by atoms with van der Waals surface area (Å²) in [6, 6.07) is 10.2. The molecule has 1 atom stereocenters. The van der Waals surface area contributed by atoms with Crippen LogP contribution in [-0.4, -0.2) is 23.0 Å². The number of hydrogen-bond donors (Lipinski definition) is 2. The number of ether oxygens (including phenoxy) is 1. The number of aromatic amines is 1. The van der Waals surface area contributed by atoms with Crippen molar-refractivity contribution in [2.75, 3.05) is 7.11 Å². The van der Waals surface area contributed by atoms with Gasteiger partial charge in [0.2, 0.25) is 0 Å². The summed E-state index contributed by atoms with van der Waals surface area (Å²) in [7, 11) is 1.32. The molecular weight excluding hydrogens is 338 g/mol. The molecule has 0 saturated heterocycles. The minimum Gasteiger partial charge on any atom is -0.465 e. The molecule has 0 spiro atoms. The first-order chi connectivity index (χ1) is 12.0. The molecule has 0 amide bonds. The molecule has 0 bridgehead atoms. The molecule has 1 aromatic carbocycles. The van der Waals surface area contributed by atoms with Gasteiger partial charge in [0, 0.05) is 6.04 Å². The van der Waals surface area contributed by atoms with Crippen molar-refractivity contribution in [1.29, 1.82) is 0 Å². The smallest absolute Gasteiger partial charge is 0.348 e. The van der Waals surface area contributed by atoms with Crippen LogP contribution >= 0.6 is 11.3 Å². The van der Waals surface area contributed by atoms with E-state index < -0.39 is 5.97 Å². The topological polar surface area (TPSA) is 84.1 Å². The molecule has 7 heteroatoms. The number of thiophene rings is 1. The molecule has 0 unspecified atom stereocenters. The van der Waals surface area contributed by atoms with E-state index in [-0.39, 0.29) is 11.6 Å². The van der Waals surface area contributed by atoms with Gasteiger partial charge in [-0.1, -0.05) is 30.3 Å². The van der Waals surface area contributed by atoms with E-state index in [2.05, 4.69) is 22.2 Å². The Morgan fingerprint density at radius 2 is 2.08 bits per heavy atom. The van der Waals surface area contributed by atoms with Gasteiger partial charge in [-0.3, -0.25) is 4.79 Å². The number of fused-ring (bicyclic) bond motifs is 1. The van der Waals surface area contributed by atoms with Crippen molar-refractivity contribution in [2.24, 2.45) is 0 Å². The molecule has 0 saturated carbocycles. The van der Waals surface area contributed by atoms with Crippen molar-refractivity contribution in [3.05, 3.63) is 62.5 Å². The summed E-state index contributed by atoms with van der Waals surface area (Å²) < 4.78 is 4.76. The first-order valence-electron chi connectivity index (χ1n) is 7.90. The van der Waals surface area contributed by atoms with E-state index in [9.17, 15) is 9.59 Å². The van der Waals surface area contributed by atoms with Crippen LogP contribution in [0.25, 0.3) is 10.2 Å². The number of H-pyrrole nitrogens is 1. The molecule has 2 heterocycles. The van der Waals surface area contributed by atoms with Gasteiger partial charge >= 0.3 is 5.97 Å². The van der Waals surface area contributed by atoms with Crippen molar-refractivity contribution >= 4 is 27.5 Å². The highest BCUT2D eigenvalue weighted by atomic mass is 32.1. The molecule has 0 aliphatic heterocycles. The summed E-state index contributed by atoms with van der Waals surface area (Å²) in [5, 5.41) is 3.79. The Morgan fingerprint density at radius 3 is 2.76 bits per heavy atom. The molecule has 3 rings (SSSR count). The number of aryl methyl sites for hydroxylation is 1. The second-order valence-corrected chi connectivity index (χ2v) is 6.75. The van der Waals surface area contributed by atoms with E-state index in [1.165, 1.54) is 18.4 Å². The maximum atomic E-state index is 12.4. The number of methoxy groups -OCH3 is 1. The zero-order chi connectivity index (χ0) is 18.0. The highest BCUT2D eigenvalue weighted by Crippen LogP contribution is 2.27. The first-order valence-corrected chi connectivity index (χ1v) is 8.72. The average Bonchev–Trinajstić information content (AvgIpc) is 2.96. The molecule has 6 nitrogen and oxygen atoms in total. The number of aromatic nitrogens is 2. The van der Waals surface area contributed by atoms with Gasteiger partial charge in [0.15, 0.2) is 0 Å². The monoisotopic (exact) mass is 357 g/mol. The van der Waals surface area contributed by atoms with Gasteiger partial charge in [0.25, 0.3) is 5.56 Å². The molecule has 0 radical (unpaired) electrons. The molecule has 0 aliphatic rings. The number of hydrogen-bond acceptors (Lipinski definition) is 6. The van der Waals surface area contributed by atoms with Gasteiger partial charge in [0.1, 0.15) is 15.5 Å². The minimum atomic E-state index is -0.447. The summed E-state index contributed by atoms with van der Waals surface area (Å²) in [5.41, 5.74) is 1.53. The minimum absolute atomic E-state index is 0.123. The number of rotatable bonds is 5. The zero-order valence-electron chi connectivity index (χ0n) is 14.3. The van der Waals surface area contributed by atoms with Crippen LogP contribution in [-0.2, 0) is 11.3 Å². The first kappa shape index (κ1) is 17.3. The Bertz CT molecular complexity index is 963. The van der Waals surface area contributed by atoms with Crippen LogP contribution in [0.5, 0.6) is 0 Å². The quantitative estimate of drug-likeness (QED) is 0.686. The second-order valence-electron chi connectivity index (χ2n) is 5.75. The Hall–Kier alpha value is -2.51. The van der Waals surface area contributed by atoms with E-state index in [1.807, 2.05) is 30.3 Å². The fourth-order valence-corrected chi connectivity index (χ4v) is 3.79. The third-order valence-electron chi connectivity index (χ3n) is 4.10. The highest BCUT2D eigenvalue weighted by molar-refractivity contribution is 7.20. The third-order valence-corrected chi connectivity index (χ3v) is 5.26. The third kappa shape index (κ3) is 3.47. The van der Waals surface area contributed by atoms with Gasteiger partial charge in [-0.15, -0.1) is 11.3 Å². The van der Waals surface area contributed by atoms with Crippen LogP contribution < -0.4 is 10.9 Å². The second kappa shape index (κ2) is 7.16. The predicted octanol–water partition coefficient (Wildman–Crippen LogP) is 2.93. The number of carbonyl (C=O) groups excluding carboxylic acids is 1. The molecule has 3 aromatic rings. The number of carbonyl (C=O) groups is 1. The molecule has 25 heavy (non-hydrogen) atoms. The van der Waals surface area contributed by atoms with E-state index in [0.717, 1.165) is 5.56 Å². The summed E-state index contributed by atoms with van der Waals surface area (Å²) in [6.45, 7) is 4.21. The van der Waals surface area contributed by atoms with E-state index in [1.54, 1.807) is 6.92 Å². The molecule has 2 N–H and O–H groups in total. The number of nitrogens with one attached hydrogen (secondary N) is 2. The van der Waals surface area contributed by atoms with Crippen LogP contribution in [0, 0.1) is 6.92 Å². The summed E-state index contributed by atoms with van der Waals surface area (Å²) in [6.07, 6.45) is 0. The van der Waals surface area contributed by atoms with Gasteiger partial charge < -0.3 is 15.0 Å². The van der Waals surface area contributed by atoms with Crippen LogP contribution in [0.4, 0.5) is 0 Å². The van der Waals surface area contributed by atoms with Crippen molar-refractivity contribution in [3.8, 4) is 0 Å². The normalized spacial score (nSPS) is 12.3. The largest absolute Gasteiger partial charge is 0.465 e. The zero-order valence-corrected chi connectivity index (χ0v) is 15.1. The Balaban J connectivity index is 1.86. The van der Waals surface area contributed by atoms with Crippen molar-refractivity contribution in [2.45, 2.75) is 26.4 Å². The Labute approximate surface area is 148 Å². The van der Waals surface area contributed by atoms with Gasteiger partial charge in [-0.05, 0) is 25.0 Å². The summed E-state index contributed by atoms with van der Waals surface area (Å²) in [5.74, 6) is 0.0928. The maximum Gasteiger partial charge on any atom is 0.348 e. The molecule has 2 aromatic heterocycles. The molecule has 130 valence electrons. The van der Waals surface area contributed by atoms with Crippen molar-refractivity contribution < 1.29 is 9.53 Å². The highest BCUT2D eigenvalue weighted by Gasteiger charge is 2.19. The summed E-state index contributed by atoms with van der Waals surface area (Å²) in [4.78, 5) is 32.4. The lowest BCUT2D eigenvalue weighted by Gasteiger charge is -2.13. The van der Waals surface area contributed by atoms with Crippen LogP contribution in [0.15, 0.2) is 35.1 Å². The van der Waals surface area contributed by atoms with Crippen LogP contribution in [0.3, 0.4) is 0 Å². The Kier molecular flexibility index (Phi) is 4.96. The maximum absolute atomic E-state index is 12.4. The fraction of sp³-hybridized carbons (Fsp3) is 0.278. The lowest BCUT2D eigenvalue weighted by Crippen LogP contribution is -2.22. The van der Waals surface area contributed by atoms with Gasteiger partial charge in [-0.2, -0.15) is 0 Å². The Morgan fingerprint density at radius 1 is 1.36 bits per heavy atom. The summed E-state index contributed by atoms with van der Waals surface area (Å²) >= 11 is 1.18. The van der Waals surface area contributed by atoms with Crippen LogP contribution in [0.2, 0.25) is 0 Å². The average molecular weight is 357 g/mol. The van der Waals surface area contributed by atoms with Gasteiger partial charge in [-0.25, -0.2) is 9.78 Å².